The van der Waals surface area contributed by atoms with E-state index in [1.165, 1.54) is 6.08 Å². The van der Waals surface area contributed by atoms with Gasteiger partial charge < -0.3 is 0 Å². The van der Waals surface area contributed by atoms with Crippen molar-refractivity contribution in [2.24, 2.45) is 0 Å². The predicted molar refractivity (Wildman–Crippen MR) is 87.4 cm³/mol. The molecule has 0 aliphatic heterocycles. The lowest BCUT2D eigenvalue weighted by Gasteiger charge is -1.98. The van der Waals surface area contributed by atoms with Crippen LogP contribution < -0.4 is 0 Å². The van der Waals surface area contributed by atoms with Gasteiger partial charge >= 0.3 is 0 Å². The Balaban J connectivity index is 1.87. The molecule has 0 spiro atoms. The zero-order chi connectivity index (χ0) is 15.5. The molecule has 2 aromatic heterocycles. The molecule has 0 unspecified atom stereocenters. The number of hydrogen-bond acceptors (Lipinski definition) is 3. The largest absolute Gasteiger partial charge is 0.299 e. The van der Waals surface area contributed by atoms with Crippen LogP contribution >= 0.6 is 15.9 Å². The molecule has 3 aromatic rings. The molecule has 0 saturated heterocycles. The Morgan fingerprint density at radius 2 is 2.00 bits per heavy atom. The fourth-order valence-electron chi connectivity index (χ4n) is 2.06. The summed E-state index contributed by atoms with van der Waals surface area (Å²) >= 11 is 3.42. The number of nitrogens with zero attached hydrogens (tertiary/aromatic N) is 3. The van der Waals surface area contributed by atoms with Crippen molar-refractivity contribution in [3.05, 3.63) is 76.2 Å². The highest BCUT2D eigenvalue weighted by molar-refractivity contribution is 9.10. The Hall–Kier alpha value is -2.71. The number of rotatable bonds is 3. The van der Waals surface area contributed by atoms with Gasteiger partial charge in [-0.2, -0.15) is 5.26 Å². The number of hydrogen-bond donors (Lipinski definition) is 0. The van der Waals surface area contributed by atoms with E-state index in [9.17, 15) is 4.79 Å². The maximum absolute atomic E-state index is 12.1. The van der Waals surface area contributed by atoms with Crippen molar-refractivity contribution in [2.45, 2.75) is 0 Å². The van der Waals surface area contributed by atoms with E-state index in [1.54, 1.807) is 36.5 Å². The maximum Gasteiger partial charge on any atom is 0.185 e. The van der Waals surface area contributed by atoms with Crippen LogP contribution in [0.15, 0.2) is 59.3 Å². The van der Waals surface area contributed by atoms with Gasteiger partial charge in [-0.3, -0.25) is 9.20 Å². The van der Waals surface area contributed by atoms with E-state index in [2.05, 4.69) is 20.9 Å². The van der Waals surface area contributed by atoms with Crippen LogP contribution in [-0.2, 0) is 0 Å². The lowest BCUT2D eigenvalue weighted by atomic mass is 10.1. The molecule has 22 heavy (non-hydrogen) atoms. The molecule has 0 fully saturated rings. The monoisotopic (exact) mass is 351 g/mol. The van der Waals surface area contributed by atoms with Crippen molar-refractivity contribution in [2.75, 3.05) is 0 Å². The molecule has 2 heterocycles. The molecule has 0 N–H and O–H groups in total. The smallest absolute Gasteiger partial charge is 0.185 e. The van der Waals surface area contributed by atoms with Crippen LogP contribution in [0.25, 0.3) is 11.7 Å². The number of ketones is 1. The second-order valence-corrected chi connectivity index (χ2v) is 5.56. The third kappa shape index (κ3) is 2.83. The molecule has 1 aromatic carbocycles. The number of nitriles is 1. The quantitative estimate of drug-likeness (QED) is 0.531. The van der Waals surface area contributed by atoms with Crippen LogP contribution in [0.3, 0.4) is 0 Å². The normalized spacial score (nSPS) is 10.9. The number of carbonyl (C=O) groups is 1. The molecule has 0 saturated carbocycles. The van der Waals surface area contributed by atoms with Crippen LogP contribution in [0.2, 0.25) is 0 Å². The van der Waals surface area contributed by atoms with E-state index >= 15 is 0 Å². The van der Waals surface area contributed by atoms with Gasteiger partial charge in [0.15, 0.2) is 5.78 Å². The molecule has 106 valence electrons. The van der Waals surface area contributed by atoms with E-state index < -0.39 is 0 Å². The number of benzene rings is 1. The van der Waals surface area contributed by atoms with Gasteiger partial charge in [0.25, 0.3) is 0 Å². The highest BCUT2D eigenvalue weighted by Gasteiger charge is 2.04. The van der Waals surface area contributed by atoms with E-state index in [0.29, 0.717) is 11.1 Å². The van der Waals surface area contributed by atoms with Crippen LogP contribution in [-0.4, -0.2) is 15.2 Å². The second kappa shape index (κ2) is 5.96. The molecule has 0 radical (unpaired) electrons. The average molecular weight is 352 g/mol. The Morgan fingerprint density at radius 3 is 2.73 bits per heavy atom. The minimum Gasteiger partial charge on any atom is -0.299 e. The first-order valence-electron chi connectivity index (χ1n) is 6.52. The van der Waals surface area contributed by atoms with Crippen LogP contribution in [0.5, 0.6) is 0 Å². The Kier molecular flexibility index (Phi) is 3.86. The molecule has 0 amide bonds. The summed E-state index contributed by atoms with van der Waals surface area (Å²) in [6, 6.07) is 12.4. The third-order valence-corrected chi connectivity index (χ3v) is 3.67. The van der Waals surface area contributed by atoms with E-state index in [4.69, 9.17) is 5.26 Å². The summed E-state index contributed by atoms with van der Waals surface area (Å²) in [6.07, 6.45) is 6.84. The first-order valence-corrected chi connectivity index (χ1v) is 7.32. The lowest BCUT2D eigenvalue weighted by Crippen LogP contribution is -1.94. The fourth-order valence-corrected chi connectivity index (χ4v) is 2.40. The first-order chi connectivity index (χ1) is 10.7. The molecule has 0 aliphatic carbocycles. The van der Waals surface area contributed by atoms with E-state index in [1.807, 2.05) is 28.8 Å². The lowest BCUT2D eigenvalue weighted by molar-refractivity contribution is 0.104. The van der Waals surface area contributed by atoms with E-state index in [0.717, 1.165) is 15.8 Å². The van der Waals surface area contributed by atoms with Crippen LogP contribution in [0, 0.1) is 11.3 Å². The van der Waals surface area contributed by atoms with Crippen molar-refractivity contribution in [1.29, 1.82) is 5.26 Å². The SMILES string of the molecule is N#Cc1ccc(C(=O)C=Cc2cnc3ccc(Br)cn23)cc1. The maximum atomic E-state index is 12.1. The van der Waals surface area contributed by atoms with E-state index in [-0.39, 0.29) is 5.78 Å². The second-order valence-electron chi connectivity index (χ2n) is 4.65. The fraction of sp³-hybridized carbons (Fsp3) is 0. The van der Waals surface area contributed by atoms with Gasteiger partial charge in [-0.1, -0.05) is 0 Å². The van der Waals surface area contributed by atoms with Crippen molar-refractivity contribution >= 4 is 33.4 Å². The predicted octanol–water partition coefficient (Wildman–Crippen LogP) is 3.86. The third-order valence-electron chi connectivity index (χ3n) is 3.20. The van der Waals surface area contributed by atoms with Crippen molar-refractivity contribution in [3.8, 4) is 6.07 Å². The number of imidazole rings is 1. The van der Waals surface area contributed by atoms with Crippen LogP contribution in [0.1, 0.15) is 21.6 Å². The number of fused-ring (bicyclic) bond motifs is 1. The molecule has 5 heteroatoms. The zero-order valence-corrected chi connectivity index (χ0v) is 13.0. The van der Waals surface area contributed by atoms with Crippen molar-refractivity contribution in [3.63, 3.8) is 0 Å². The summed E-state index contributed by atoms with van der Waals surface area (Å²) in [5, 5.41) is 8.76. The minimum atomic E-state index is -0.116. The number of carbonyl (C=O) groups excluding carboxylic acids is 1. The molecule has 0 aliphatic rings. The van der Waals surface area contributed by atoms with Crippen molar-refractivity contribution in [1.82, 2.24) is 9.38 Å². The summed E-state index contributed by atoms with van der Waals surface area (Å²) in [5.41, 5.74) is 2.71. The van der Waals surface area contributed by atoms with Gasteiger partial charge in [-0.15, -0.1) is 0 Å². The number of halogens is 1. The number of allylic oxidation sites excluding steroid dienone is 1. The van der Waals surface area contributed by atoms with Gasteiger partial charge in [-0.05, 0) is 64.5 Å². The Morgan fingerprint density at radius 1 is 1.23 bits per heavy atom. The number of aromatic nitrogens is 2. The summed E-state index contributed by atoms with van der Waals surface area (Å²) in [7, 11) is 0. The highest BCUT2D eigenvalue weighted by Crippen LogP contribution is 2.15. The van der Waals surface area contributed by atoms with Gasteiger partial charge in [0.1, 0.15) is 5.65 Å². The zero-order valence-electron chi connectivity index (χ0n) is 11.4. The number of pyridine rings is 1. The Labute approximate surface area is 135 Å². The first kappa shape index (κ1) is 14.2. The molecular weight excluding hydrogens is 342 g/mol. The molecule has 4 nitrogen and oxygen atoms in total. The van der Waals surface area contributed by atoms with Gasteiger partial charge in [0.05, 0.1) is 23.5 Å². The molecule has 0 bridgehead atoms. The minimum absolute atomic E-state index is 0.116. The van der Waals surface area contributed by atoms with Gasteiger partial charge in [-0.25, -0.2) is 4.98 Å². The standard InChI is InChI=1S/C17H10BrN3O/c18-14-5-8-17-20-10-15(21(17)11-14)6-7-16(22)13-3-1-12(9-19)2-4-13/h1-8,10-11H. The molecule has 0 atom stereocenters. The molecule has 3 rings (SSSR count). The highest BCUT2D eigenvalue weighted by atomic mass is 79.9. The average Bonchev–Trinajstić information content (AvgIpc) is 2.95. The topological polar surface area (TPSA) is 58.2 Å². The van der Waals surface area contributed by atoms with Crippen molar-refractivity contribution < 1.29 is 4.79 Å². The summed E-state index contributed by atoms with van der Waals surface area (Å²) < 4.78 is 2.83. The summed E-state index contributed by atoms with van der Waals surface area (Å²) in [5.74, 6) is -0.116. The molecular formula is C17H10BrN3O. The van der Waals surface area contributed by atoms with Gasteiger partial charge in [0, 0.05) is 16.2 Å². The summed E-state index contributed by atoms with van der Waals surface area (Å²) in [4.78, 5) is 16.4. The summed E-state index contributed by atoms with van der Waals surface area (Å²) in [6.45, 7) is 0. The van der Waals surface area contributed by atoms with Crippen LogP contribution in [0.4, 0.5) is 0 Å². The Bertz CT molecular complexity index is 917. The van der Waals surface area contributed by atoms with Gasteiger partial charge in [0.2, 0.25) is 0 Å².